The van der Waals surface area contributed by atoms with Crippen molar-refractivity contribution in [3.8, 4) is 0 Å². The van der Waals surface area contributed by atoms with Gasteiger partial charge in [0.15, 0.2) is 12.6 Å². The zero-order valence-corrected chi connectivity index (χ0v) is 48.3. The normalized spacial score (nSPS) is 25.3. The number of carbonyl (C=O) groups excluding carboxylic acids is 1. The molecule has 12 unspecified atom stereocenters. The summed E-state index contributed by atoms with van der Waals surface area (Å²) in [5.41, 5.74) is 0. The van der Waals surface area contributed by atoms with Crippen molar-refractivity contribution in [3.63, 3.8) is 0 Å². The lowest BCUT2D eigenvalue weighted by atomic mass is 9.97. The van der Waals surface area contributed by atoms with Crippen LogP contribution < -0.4 is 5.32 Å². The molecule has 2 saturated heterocycles. The summed E-state index contributed by atoms with van der Waals surface area (Å²) < 4.78 is 22.6. The predicted molar refractivity (Wildman–Crippen MR) is 318 cm³/mol. The number of amides is 1. The van der Waals surface area contributed by atoms with Crippen LogP contribution in [0.25, 0.3) is 0 Å². The van der Waals surface area contributed by atoms with Crippen molar-refractivity contribution in [2.45, 2.75) is 261 Å². The molecule has 79 heavy (non-hydrogen) atoms. The third-order valence-corrected chi connectivity index (χ3v) is 13.9. The third kappa shape index (κ3) is 34.4. The Morgan fingerprint density at radius 2 is 0.886 bits per heavy atom. The van der Waals surface area contributed by atoms with Crippen LogP contribution in [-0.2, 0) is 23.7 Å². The van der Waals surface area contributed by atoms with Crippen LogP contribution in [0, 0.1) is 0 Å². The first-order chi connectivity index (χ1) is 38.6. The molecule has 14 nitrogen and oxygen atoms in total. The van der Waals surface area contributed by atoms with Crippen molar-refractivity contribution in [2.24, 2.45) is 0 Å². The highest BCUT2D eigenvalue weighted by Crippen LogP contribution is 2.30. The molecule has 0 saturated carbocycles. The number of carbonyl (C=O) groups is 1. The van der Waals surface area contributed by atoms with Crippen LogP contribution in [0.2, 0.25) is 0 Å². The Labute approximate surface area is 476 Å². The Kier molecular flexibility index (Phi) is 44.4. The fraction of sp³-hybridized carbons (Fsp3) is 0.677. The van der Waals surface area contributed by atoms with Gasteiger partial charge in [0, 0.05) is 6.42 Å². The second kappa shape index (κ2) is 49.0. The standard InChI is InChI=1S/C65H107NO13/c1-3-5-7-9-11-13-14-15-16-17-18-19-20-21-22-23-24-25-26-27-28-29-30-31-32-33-34-35-36-37-38-39-40-41-43-45-47-49-57(70)66-53(54(69)48-46-44-42-12-10-8-6-4-2)52-76-64-62(75)60(73)63(56(51-68)78-64)79-65-61(74)59(72)58(71)55(50-67)77-65/h5,7,10-13,15-16,18-19,21-22,24-25,27-28,30-31,46,48,53-56,58-65,67-69,71-75H,3-4,6,8-9,14,17,20,23,26,29,32-45,47,49-52H2,1-2H3,(H,66,70)/b7-5-,12-10+,13-11-,16-15-,19-18-,22-21-,25-24-,28-27-,31-30-,48-46+. The van der Waals surface area contributed by atoms with Gasteiger partial charge >= 0.3 is 0 Å². The molecule has 2 aliphatic heterocycles. The number of aliphatic hydroxyl groups excluding tert-OH is 8. The van der Waals surface area contributed by atoms with Gasteiger partial charge in [-0.15, -0.1) is 0 Å². The molecule has 0 aromatic carbocycles. The summed E-state index contributed by atoms with van der Waals surface area (Å²) in [5.74, 6) is -0.261. The van der Waals surface area contributed by atoms with Crippen LogP contribution in [-0.4, -0.2) is 140 Å². The topological polar surface area (TPSA) is 228 Å². The largest absolute Gasteiger partial charge is 0.394 e. The number of nitrogens with one attached hydrogen (secondary N) is 1. The zero-order chi connectivity index (χ0) is 57.4. The molecule has 2 fully saturated rings. The minimum Gasteiger partial charge on any atom is -0.394 e. The smallest absolute Gasteiger partial charge is 0.220 e. The van der Waals surface area contributed by atoms with E-state index in [4.69, 9.17) is 18.9 Å². The molecule has 12 atom stereocenters. The molecule has 0 aromatic heterocycles. The Morgan fingerprint density at radius 1 is 0.468 bits per heavy atom. The SMILES string of the molecule is CC/C=C\C/C=C\C/C=C\C/C=C\C/C=C\C/C=C\C/C=C\C/C=C\CCCCCCCCCCCCCCC(=O)NC(COC1OC(CO)C(OC2OC(CO)C(O)C(O)C2O)C(O)C1O)C(O)/C=C/CC/C=C/CCCC. The summed E-state index contributed by atoms with van der Waals surface area (Å²) in [5, 5.41) is 86.7. The molecule has 9 N–H and O–H groups in total. The van der Waals surface area contributed by atoms with Crippen molar-refractivity contribution in [3.05, 3.63) is 122 Å². The average Bonchev–Trinajstić information content (AvgIpc) is 3.47. The summed E-state index contributed by atoms with van der Waals surface area (Å²) in [7, 11) is 0. The van der Waals surface area contributed by atoms with Crippen LogP contribution in [0.15, 0.2) is 122 Å². The van der Waals surface area contributed by atoms with E-state index in [1.165, 1.54) is 51.4 Å². The van der Waals surface area contributed by atoms with Gasteiger partial charge in [-0.1, -0.05) is 212 Å². The number of hydrogen-bond donors (Lipinski definition) is 9. The van der Waals surface area contributed by atoms with E-state index < -0.39 is 86.8 Å². The fourth-order valence-corrected chi connectivity index (χ4v) is 9.01. The lowest BCUT2D eigenvalue weighted by Crippen LogP contribution is -2.65. The summed E-state index contributed by atoms with van der Waals surface area (Å²) in [6, 6.07) is -0.937. The van der Waals surface area contributed by atoms with E-state index >= 15 is 0 Å². The minimum absolute atomic E-state index is 0.261. The second-order valence-electron chi connectivity index (χ2n) is 20.7. The molecular weight excluding hydrogens is 1000 g/mol. The van der Waals surface area contributed by atoms with Gasteiger partial charge in [0.2, 0.25) is 5.91 Å². The lowest BCUT2D eigenvalue weighted by molar-refractivity contribution is -0.359. The summed E-state index contributed by atoms with van der Waals surface area (Å²) in [6.45, 7) is 2.55. The zero-order valence-electron chi connectivity index (χ0n) is 48.3. The monoisotopic (exact) mass is 1110 g/mol. The van der Waals surface area contributed by atoms with Crippen LogP contribution in [0.4, 0.5) is 0 Å². The highest BCUT2D eigenvalue weighted by molar-refractivity contribution is 5.76. The van der Waals surface area contributed by atoms with Crippen LogP contribution in [0.3, 0.4) is 0 Å². The molecule has 450 valence electrons. The van der Waals surface area contributed by atoms with Crippen molar-refractivity contribution in [1.29, 1.82) is 0 Å². The number of hydrogen-bond acceptors (Lipinski definition) is 13. The molecule has 0 radical (unpaired) electrons. The third-order valence-electron chi connectivity index (χ3n) is 13.9. The Hall–Kier alpha value is -3.61. The van der Waals surface area contributed by atoms with Crippen molar-refractivity contribution < 1.29 is 64.6 Å². The first-order valence-electron chi connectivity index (χ1n) is 30.3. The van der Waals surface area contributed by atoms with Gasteiger partial charge < -0.3 is 65.1 Å². The molecular formula is C65H107NO13. The fourth-order valence-electron chi connectivity index (χ4n) is 9.01. The van der Waals surface area contributed by atoms with Crippen molar-refractivity contribution in [1.82, 2.24) is 5.32 Å². The Morgan fingerprint density at radius 3 is 1.39 bits per heavy atom. The van der Waals surface area contributed by atoms with Crippen LogP contribution >= 0.6 is 0 Å². The number of aliphatic hydroxyl groups is 8. The van der Waals surface area contributed by atoms with Crippen molar-refractivity contribution in [2.75, 3.05) is 19.8 Å². The number of allylic oxidation sites excluding steroid dienone is 19. The molecule has 0 aromatic rings. The van der Waals surface area contributed by atoms with Gasteiger partial charge in [-0.2, -0.15) is 0 Å². The second-order valence-corrected chi connectivity index (χ2v) is 20.7. The first-order valence-corrected chi connectivity index (χ1v) is 30.3. The lowest BCUT2D eigenvalue weighted by Gasteiger charge is -2.46. The van der Waals surface area contributed by atoms with E-state index in [1.54, 1.807) is 6.08 Å². The van der Waals surface area contributed by atoms with Gasteiger partial charge in [0.1, 0.15) is 48.8 Å². The van der Waals surface area contributed by atoms with Gasteiger partial charge in [-0.05, 0) is 89.9 Å². The first kappa shape index (κ1) is 71.5. The van der Waals surface area contributed by atoms with E-state index in [2.05, 4.69) is 129 Å². The van der Waals surface area contributed by atoms with E-state index in [0.29, 0.717) is 12.8 Å². The maximum Gasteiger partial charge on any atom is 0.220 e. The minimum atomic E-state index is -1.79. The van der Waals surface area contributed by atoms with Gasteiger partial charge in [0.05, 0.1) is 32.0 Å². The summed E-state index contributed by atoms with van der Waals surface area (Å²) in [6.07, 6.45) is 54.3. The van der Waals surface area contributed by atoms with E-state index in [-0.39, 0.29) is 18.9 Å². The van der Waals surface area contributed by atoms with E-state index in [1.807, 2.05) is 6.08 Å². The molecule has 1 amide bonds. The Balaban J connectivity index is 1.59. The molecule has 2 aliphatic rings. The maximum atomic E-state index is 13.2. The van der Waals surface area contributed by atoms with Gasteiger partial charge in [0.25, 0.3) is 0 Å². The van der Waals surface area contributed by atoms with E-state index in [0.717, 1.165) is 103 Å². The van der Waals surface area contributed by atoms with E-state index in [9.17, 15) is 45.6 Å². The molecule has 0 aliphatic carbocycles. The summed E-state index contributed by atoms with van der Waals surface area (Å²) >= 11 is 0. The highest BCUT2D eigenvalue weighted by Gasteiger charge is 2.51. The molecule has 14 heteroatoms. The molecule has 2 heterocycles. The molecule has 2 rings (SSSR count). The quantitative estimate of drug-likeness (QED) is 0.0204. The average molecular weight is 1110 g/mol. The van der Waals surface area contributed by atoms with Gasteiger partial charge in [-0.3, -0.25) is 4.79 Å². The maximum absolute atomic E-state index is 13.2. The predicted octanol–water partition coefficient (Wildman–Crippen LogP) is 10.6. The Bertz CT molecular complexity index is 1790. The number of unbranched alkanes of at least 4 members (excludes halogenated alkanes) is 15. The van der Waals surface area contributed by atoms with Crippen LogP contribution in [0.5, 0.6) is 0 Å². The number of ether oxygens (including phenoxy) is 4. The van der Waals surface area contributed by atoms with Crippen molar-refractivity contribution >= 4 is 5.91 Å². The van der Waals surface area contributed by atoms with Gasteiger partial charge in [-0.25, -0.2) is 0 Å². The number of rotatable bonds is 46. The molecule has 0 bridgehead atoms. The molecule has 0 spiro atoms. The highest BCUT2D eigenvalue weighted by atomic mass is 16.7. The summed E-state index contributed by atoms with van der Waals surface area (Å²) in [4.78, 5) is 13.2. The van der Waals surface area contributed by atoms with Crippen LogP contribution in [0.1, 0.15) is 187 Å².